The van der Waals surface area contributed by atoms with Crippen molar-refractivity contribution in [3.05, 3.63) is 70.3 Å². The minimum Gasteiger partial charge on any atom is -0.490 e. The number of morpholine rings is 1. The monoisotopic (exact) mass is 808 g/mol. The molecule has 3 fully saturated rings. The number of nitrogens with one attached hydrogen (secondary N) is 1. The van der Waals surface area contributed by atoms with E-state index in [0.717, 1.165) is 108 Å². The Hall–Kier alpha value is -2.67. The summed E-state index contributed by atoms with van der Waals surface area (Å²) in [6.07, 6.45) is 10.2. The van der Waals surface area contributed by atoms with Gasteiger partial charge in [0.2, 0.25) is 10.0 Å². The van der Waals surface area contributed by atoms with E-state index in [1.54, 1.807) is 13.0 Å². The van der Waals surface area contributed by atoms with Gasteiger partial charge in [0, 0.05) is 67.9 Å². The van der Waals surface area contributed by atoms with Crippen LogP contribution in [0.25, 0.3) is 0 Å². The fourth-order valence-corrected chi connectivity index (χ4v) is 11.8. The molecule has 1 amide bonds. The smallest absolute Gasteiger partial charge is 0.264 e. The van der Waals surface area contributed by atoms with Crippen LogP contribution in [-0.4, -0.2) is 113 Å². The number of hydrogen-bond acceptors (Lipinski definition) is 9. The molecule has 2 aromatic carbocycles. The Kier molecular flexibility index (Phi) is 11.6. The first-order chi connectivity index (χ1) is 26.8. The molecule has 2 aromatic rings. The fraction of sp³-hybridized carbons (Fsp3) is 0.659. The van der Waals surface area contributed by atoms with E-state index in [-0.39, 0.29) is 17.3 Å². The van der Waals surface area contributed by atoms with E-state index in [9.17, 15) is 13.2 Å². The molecule has 2 bridgehead atoms. The molecule has 12 heteroatoms. The second-order valence-corrected chi connectivity index (χ2v) is 20.7. The zero-order chi connectivity index (χ0) is 39.2. The number of carbonyl (C=O) groups is 1. The Morgan fingerprint density at radius 3 is 2.73 bits per heavy atom. The summed E-state index contributed by atoms with van der Waals surface area (Å²) in [4.78, 5) is 21.4. The number of piperazine rings is 1. The number of anilines is 1. The minimum atomic E-state index is -3.97. The van der Waals surface area contributed by atoms with Gasteiger partial charge < -0.3 is 19.1 Å². The lowest BCUT2D eigenvalue weighted by molar-refractivity contribution is -0.130. The summed E-state index contributed by atoms with van der Waals surface area (Å²) in [5.74, 6) is 0.795. The SMILES string of the molecule is CC(C)CO[C@]1(CN2CCN3CCOC[C@@H]3C2)/C=C\C[C@H](C)[C@@H](C)S(=O)(=O)NC(=O)c2ccc3c(c2)N(C[C@@H]2CC[C@H]21)C[C@@]1(CCCc2cc(Cl)ccc21)CO3. The van der Waals surface area contributed by atoms with Crippen LogP contribution >= 0.6 is 11.6 Å². The van der Waals surface area contributed by atoms with Gasteiger partial charge in [-0.3, -0.25) is 14.6 Å². The topological polar surface area (TPSA) is 101 Å². The van der Waals surface area contributed by atoms with E-state index in [4.69, 9.17) is 25.8 Å². The Morgan fingerprint density at radius 2 is 1.93 bits per heavy atom. The minimum absolute atomic E-state index is 0.229. The summed E-state index contributed by atoms with van der Waals surface area (Å²) in [5, 5.41) is -0.0373. The summed E-state index contributed by atoms with van der Waals surface area (Å²) >= 11 is 6.54. The zero-order valence-corrected chi connectivity index (χ0v) is 35.3. The standard InChI is InChI=1S/C44H61ClN4O6S/c1-30(2)25-55-44(28-47-17-18-48-19-20-53-26-37(48)24-47)16-5-7-31(3)32(4)56(51,52)46-42(50)34-10-14-41-40(22-34)49(23-35-9-12-39(35)44)27-43(29-54-41)15-6-8-33-21-36(45)11-13-38(33)43/h5,10-11,13-14,16,21-22,30-32,35,37,39H,6-9,12,15,17-20,23-29H2,1-4H3,(H,46,50)/b16-5-/t31-,32+,35-,37-,39+,43-,44-/m0/s1. The molecule has 6 aliphatic rings. The molecule has 0 aromatic heterocycles. The summed E-state index contributed by atoms with van der Waals surface area (Å²) in [5.41, 5.74) is 2.87. The number of allylic oxidation sites excluding steroid dienone is 1. The largest absolute Gasteiger partial charge is 0.490 e. The molecule has 1 saturated carbocycles. The van der Waals surface area contributed by atoms with Gasteiger partial charge in [0.1, 0.15) is 11.4 Å². The molecule has 1 N–H and O–H groups in total. The number of aryl methyl sites for hydroxylation is 1. The molecule has 2 saturated heterocycles. The lowest BCUT2D eigenvalue weighted by Gasteiger charge is -2.53. The molecule has 8 rings (SSSR count). The second kappa shape index (κ2) is 16.2. The highest BCUT2D eigenvalue weighted by atomic mass is 35.5. The van der Waals surface area contributed by atoms with Gasteiger partial charge >= 0.3 is 0 Å². The van der Waals surface area contributed by atoms with E-state index >= 15 is 0 Å². The number of sulfonamides is 1. The van der Waals surface area contributed by atoms with E-state index < -0.39 is 26.8 Å². The number of amides is 1. The van der Waals surface area contributed by atoms with Gasteiger partial charge in [-0.2, -0.15) is 0 Å². The van der Waals surface area contributed by atoms with Crippen LogP contribution in [0.15, 0.2) is 48.6 Å². The lowest BCUT2D eigenvalue weighted by atomic mass is 9.63. The number of fused-ring (bicyclic) bond motifs is 5. The summed E-state index contributed by atoms with van der Waals surface area (Å²) < 4.78 is 49.9. The van der Waals surface area contributed by atoms with Crippen LogP contribution in [0.1, 0.15) is 81.3 Å². The number of nitrogens with zero attached hydrogens (tertiary/aromatic N) is 3. The van der Waals surface area contributed by atoms with Gasteiger partial charge in [-0.1, -0.05) is 50.6 Å². The maximum Gasteiger partial charge on any atom is 0.264 e. The van der Waals surface area contributed by atoms with Crippen LogP contribution in [0.4, 0.5) is 5.69 Å². The van der Waals surface area contributed by atoms with Crippen molar-refractivity contribution in [1.82, 2.24) is 14.5 Å². The lowest BCUT2D eigenvalue weighted by Crippen LogP contribution is -2.63. The molecule has 7 atom stereocenters. The predicted octanol–water partition coefficient (Wildman–Crippen LogP) is 6.31. The molecular weight excluding hydrogens is 748 g/mol. The average Bonchev–Trinajstić information content (AvgIpc) is 3.31. The maximum absolute atomic E-state index is 13.7. The van der Waals surface area contributed by atoms with Crippen molar-refractivity contribution < 1.29 is 27.4 Å². The van der Waals surface area contributed by atoms with Crippen molar-refractivity contribution >= 4 is 33.2 Å². The molecule has 1 spiro atoms. The van der Waals surface area contributed by atoms with Gasteiger partial charge in [0.05, 0.1) is 37.4 Å². The molecule has 10 nitrogen and oxygen atoms in total. The summed E-state index contributed by atoms with van der Waals surface area (Å²) in [7, 11) is -3.97. The number of ether oxygens (including phenoxy) is 3. The van der Waals surface area contributed by atoms with E-state index in [0.29, 0.717) is 43.1 Å². The van der Waals surface area contributed by atoms with Gasteiger partial charge in [-0.15, -0.1) is 0 Å². The normalized spacial score (nSPS) is 34.3. The second-order valence-electron chi connectivity index (χ2n) is 18.2. The number of hydrogen-bond donors (Lipinski definition) is 1. The Labute approximate surface area is 339 Å². The van der Waals surface area contributed by atoms with Crippen molar-refractivity contribution in [3.63, 3.8) is 0 Å². The van der Waals surface area contributed by atoms with Crippen molar-refractivity contribution in [2.24, 2.45) is 23.7 Å². The van der Waals surface area contributed by atoms with Crippen molar-refractivity contribution in [3.8, 4) is 5.75 Å². The highest BCUT2D eigenvalue weighted by Crippen LogP contribution is 2.49. The predicted molar refractivity (Wildman–Crippen MR) is 221 cm³/mol. The van der Waals surface area contributed by atoms with Crippen molar-refractivity contribution in [2.75, 3.05) is 77.1 Å². The third kappa shape index (κ3) is 8.02. The van der Waals surface area contributed by atoms with E-state index in [2.05, 4.69) is 57.6 Å². The number of halogens is 1. The van der Waals surface area contributed by atoms with Gasteiger partial charge in [-0.05, 0) is 111 Å². The fourth-order valence-electron chi connectivity index (χ4n) is 10.4. The van der Waals surface area contributed by atoms with Crippen LogP contribution in [0.5, 0.6) is 5.75 Å². The first-order valence-corrected chi connectivity index (χ1v) is 23.0. The van der Waals surface area contributed by atoms with Crippen LogP contribution in [0.3, 0.4) is 0 Å². The number of carbonyl (C=O) groups excluding carboxylic acids is 1. The highest BCUT2D eigenvalue weighted by Gasteiger charge is 2.51. The van der Waals surface area contributed by atoms with E-state index in [1.165, 1.54) is 11.1 Å². The molecule has 4 aliphatic heterocycles. The van der Waals surface area contributed by atoms with Crippen LogP contribution in [0, 0.1) is 23.7 Å². The Morgan fingerprint density at radius 1 is 1.07 bits per heavy atom. The highest BCUT2D eigenvalue weighted by molar-refractivity contribution is 7.90. The van der Waals surface area contributed by atoms with Gasteiger partial charge in [0.15, 0.2) is 0 Å². The summed E-state index contributed by atoms with van der Waals surface area (Å²) in [6.45, 7) is 17.0. The molecular formula is C44H61ClN4O6S. The Balaban J connectivity index is 1.21. The average molecular weight is 810 g/mol. The van der Waals surface area contributed by atoms with Crippen molar-refractivity contribution in [2.45, 2.75) is 88.5 Å². The third-order valence-corrected chi connectivity index (χ3v) is 16.1. The van der Waals surface area contributed by atoms with Crippen molar-refractivity contribution in [1.29, 1.82) is 0 Å². The molecule has 0 unspecified atom stereocenters. The molecule has 56 heavy (non-hydrogen) atoms. The molecule has 4 heterocycles. The number of rotatable bonds is 5. The van der Waals surface area contributed by atoms with Crippen LogP contribution < -0.4 is 14.4 Å². The first kappa shape index (κ1) is 40.1. The van der Waals surface area contributed by atoms with Gasteiger partial charge in [0.25, 0.3) is 5.91 Å². The quantitative estimate of drug-likeness (QED) is 0.349. The maximum atomic E-state index is 13.7. The molecule has 2 aliphatic carbocycles. The summed E-state index contributed by atoms with van der Waals surface area (Å²) in [6, 6.07) is 12.1. The Bertz CT molecular complexity index is 1910. The first-order valence-electron chi connectivity index (χ1n) is 21.1. The zero-order valence-electron chi connectivity index (χ0n) is 33.7. The molecule has 0 radical (unpaired) electrons. The third-order valence-electron chi connectivity index (χ3n) is 13.9. The number of benzene rings is 2. The van der Waals surface area contributed by atoms with Crippen LogP contribution in [-0.2, 0) is 31.3 Å². The van der Waals surface area contributed by atoms with Crippen LogP contribution in [0.2, 0.25) is 5.02 Å². The molecule has 306 valence electrons. The van der Waals surface area contributed by atoms with E-state index in [1.807, 2.05) is 25.1 Å². The van der Waals surface area contributed by atoms with Gasteiger partial charge in [-0.25, -0.2) is 13.1 Å².